The van der Waals surface area contributed by atoms with Gasteiger partial charge in [-0.3, -0.25) is 14.6 Å². The van der Waals surface area contributed by atoms with Crippen molar-refractivity contribution in [3.63, 3.8) is 0 Å². The molecule has 114 valence electrons. The topological polar surface area (TPSA) is 23.6 Å². The van der Waals surface area contributed by atoms with Crippen molar-refractivity contribution in [3.8, 4) is 0 Å². The Morgan fingerprint density at radius 3 is 3.00 bits per heavy atom. The van der Waals surface area contributed by atoms with E-state index in [2.05, 4.69) is 32.7 Å². The van der Waals surface area contributed by atoms with Crippen molar-refractivity contribution in [1.82, 2.24) is 9.80 Å². The van der Waals surface area contributed by atoms with Gasteiger partial charge < -0.3 is 0 Å². The van der Waals surface area contributed by atoms with Crippen LogP contribution >= 0.6 is 15.9 Å². The van der Waals surface area contributed by atoms with Crippen LogP contribution in [0.4, 0.5) is 0 Å². The number of halogens is 1. The van der Waals surface area contributed by atoms with E-state index < -0.39 is 0 Å². The molecule has 0 amide bonds. The highest BCUT2D eigenvalue weighted by molar-refractivity contribution is 9.10. The van der Waals surface area contributed by atoms with Crippen LogP contribution in [0.15, 0.2) is 28.7 Å². The van der Waals surface area contributed by atoms with Gasteiger partial charge in [0.05, 0.1) is 6.54 Å². The number of piperazine rings is 1. The summed E-state index contributed by atoms with van der Waals surface area (Å²) in [7, 11) is 0. The van der Waals surface area contributed by atoms with Gasteiger partial charge in [-0.05, 0) is 38.4 Å². The first kappa shape index (κ1) is 15.2. The van der Waals surface area contributed by atoms with Crippen molar-refractivity contribution < 1.29 is 4.79 Å². The highest BCUT2D eigenvalue weighted by atomic mass is 79.9. The number of rotatable bonds is 3. The maximum Gasteiger partial charge on any atom is 0.176 e. The molecular formula is C17H23BrN2O. The predicted octanol–water partition coefficient (Wildman–Crippen LogP) is 3.19. The Bertz CT molecular complexity index is 519. The average molecular weight is 351 g/mol. The zero-order chi connectivity index (χ0) is 14.8. The second kappa shape index (κ2) is 6.59. The standard InChI is InChI=1S/C17H23BrN2O/c1-13-10-19-8-3-2-7-16(19)11-20(13)12-17(21)14-5-4-6-15(18)9-14/h4-6,9,13,16H,2-3,7-8,10-12H2,1H3. The summed E-state index contributed by atoms with van der Waals surface area (Å²) >= 11 is 3.44. The average Bonchev–Trinajstić information content (AvgIpc) is 2.48. The van der Waals surface area contributed by atoms with Crippen molar-refractivity contribution in [3.05, 3.63) is 34.3 Å². The number of carbonyl (C=O) groups is 1. The van der Waals surface area contributed by atoms with Crippen LogP contribution in [0.1, 0.15) is 36.5 Å². The third-order valence-corrected chi connectivity index (χ3v) is 5.30. The number of nitrogens with zero attached hydrogens (tertiary/aromatic N) is 2. The smallest absolute Gasteiger partial charge is 0.176 e. The molecule has 0 N–H and O–H groups in total. The van der Waals surface area contributed by atoms with Crippen LogP contribution in [0.2, 0.25) is 0 Å². The molecule has 2 saturated heterocycles. The fraction of sp³-hybridized carbons (Fsp3) is 0.588. The van der Waals surface area contributed by atoms with Gasteiger partial charge in [-0.15, -0.1) is 0 Å². The molecule has 1 aromatic carbocycles. The number of ketones is 1. The molecular weight excluding hydrogens is 328 g/mol. The van der Waals surface area contributed by atoms with Crippen LogP contribution in [0.25, 0.3) is 0 Å². The van der Waals surface area contributed by atoms with E-state index in [0.717, 1.165) is 23.1 Å². The zero-order valence-electron chi connectivity index (χ0n) is 12.6. The van der Waals surface area contributed by atoms with E-state index in [1.165, 1.54) is 25.8 Å². The van der Waals surface area contributed by atoms with Crippen molar-refractivity contribution >= 4 is 21.7 Å². The Morgan fingerprint density at radius 2 is 2.19 bits per heavy atom. The monoisotopic (exact) mass is 350 g/mol. The van der Waals surface area contributed by atoms with Gasteiger partial charge in [0.2, 0.25) is 0 Å². The molecule has 0 aliphatic carbocycles. The third-order valence-electron chi connectivity index (χ3n) is 4.81. The van der Waals surface area contributed by atoms with Gasteiger partial charge in [0, 0.05) is 35.2 Å². The fourth-order valence-electron chi connectivity index (χ4n) is 3.57. The minimum absolute atomic E-state index is 0.229. The highest BCUT2D eigenvalue weighted by Crippen LogP contribution is 2.24. The third kappa shape index (κ3) is 3.55. The molecule has 2 heterocycles. The Morgan fingerprint density at radius 1 is 1.33 bits per heavy atom. The molecule has 2 aliphatic rings. The molecule has 1 aromatic rings. The van der Waals surface area contributed by atoms with Gasteiger partial charge in [0.1, 0.15) is 0 Å². The van der Waals surface area contributed by atoms with Crippen molar-refractivity contribution in [2.45, 2.75) is 38.3 Å². The quantitative estimate of drug-likeness (QED) is 0.782. The van der Waals surface area contributed by atoms with Gasteiger partial charge >= 0.3 is 0 Å². The highest BCUT2D eigenvalue weighted by Gasteiger charge is 2.33. The normalized spacial score (nSPS) is 27.3. The molecule has 3 rings (SSSR count). The van der Waals surface area contributed by atoms with E-state index in [-0.39, 0.29) is 5.78 Å². The number of Topliss-reactive ketones (excluding diaryl/α,β-unsaturated/α-hetero) is 1. The maximum absolute atomic E-state index is 12.5. The summed E-state index contributed by atoms with van der Waals surface area (Å²) < 4.78 is 0.971. The molecule has 0 radical (unpaired) electrons. The van der Waals surface area contributed by atoms with Crippen LogP contribution in [-0.4, -0.2) is 53.8 Å². The van der Waals surface area contributed by atoms with Gasteiger partial charge in [-0.2, -0.15) is 0 Å². The molecule has 2 atom stereocenters. The summed E-state index contributed by atoms with van der Waals surface area (Å²) in [5.74, 6) is 0.229. The molecule has 2 fully saturated rings. The van der Waals surface area contributed by atoms with Crippen molar-refractivity contribution in [2.24, 2.45) is 0 Å². The Hall–Kier alpha value is -0.710. The van der Waals surface area contributed by atoms with Gasteiger partial charge in [0.15, 0.2) is 5.78 Å². The van der Waals surface area contributed by atoms with Crippen LogP contribution in [-0.2, 0) is 0 Å². The van der Waals surface area contributed by atoms with Crippen molar-refractivity contribution in [1.29, 1.82) is 0 Å². The lowest BCUT2D eigenvalue weighted by atomic mass is 9.96. The number of piperidine rings is 1. The lowest BCUT2D eigenvalue weighted by molar-refractivity contribution is 0.0166. The summed E-state index contributed by atoms with van der Waals surface area (Å²) in [6, 6.07) is 8.85. The zero-order valence-corrected chi connectivity index (χ0v) is 14.2. The van der Waals surface area contributed by atoms with Gasteiger partial charge in [-0.1, -0.05) is 34.5 Å². The summed E-state index contributed by atoms with van der Waals surface area (Å²) in [6.45, 7) is 6.18. The molecule has 2 aliphatic heterocycles. The second-order valence-electron chi connectivity index (χ2n) is 6.36. The van der Waals surface area contributed by atoms with Gasteiger partial charge in [-0.25, -0.2) is 0 Å². The predicted molar refractivity (Wildman–Crippen MR) is 88.7 cm³/mol. The molecule has 4 heteroatoms. The summed E-state index contributed by atoms with van der Waals surface area (Å²) in [6.07, 6.45) is 3.96. The molecule has 3 nitrogen and oxygen atoms in total. The summed E-state index contributed by atoms with van der Waals surface area (Å²) in [4.78, 5) is 17.5. The van der Waals surface area contributed by atoms with Crippen molar-refractivity contribution in [2.75, 3.05) is 26.2 Å². The van der Waals surface area contributed by atoms with E-state index >= 15 is 0 Å². The van der Waals surface area contributed by atoms with Gasteiger partial charge in [0.25, 0.3) is 0 Å². The molecule has 0 bridgehead atoms. The lowest BCUT2D eigenvalue weighted by Crippen LogP contribution is -2.59. The maximum atomic E-state index is 12.5. The Kier molecular flexibility index (Phi) is 4.77. The Balaban J connectivity index is 1.65. The van der Waals surface area contributed by atoms with Crippen LogP contribution < -0.4 is 0 Å². The minimum Gasteiger partial charge on any atom is -0.298 e. The number of hydrogen-bond donors (Lipinski definition) is 0. The van der Waals surface area contributed by atoms with E-state index in [0.29, 0.717) is 18.6 Å². The lowest BCUT2D eigenvalue weighted by Gasteiger charge is -2.47. The first-order valence-electron chi connectivity index (χ1n) is 7.90. The number of carbonyl (C=O) groups excluding carboxylic acids is 1. The number of benzene rings is 1. The van der Waals surface area contributed by atoms with E-state index in [4.69, 9.17) is 0 Å². The molecule has 0 spiro atoms. The number of hydrogen-bond acceptors (Lipinski definition) is 3. The second-order valence-corrected chi connectivity index (χ2v) is 7.27. The summed E-state index contributed by atoms with van der Waals surface area (Å²) in [5, 5.41) is 0. The van der Waals surface area contributed by atoms with E-state index in [1.807, 2.05) is 24.3 Å². The largest absolute Gasteiger partial charge is 0.298 e. The molecule has 0 aromatic heterocycles. The first-order chi connectivity index (χ1) is 10.1. The van der Waals surface area contributed by atoms with Crippen LogP contribution in [0.5, 0.6) is 0 Å². The molecule has 2 unspecified atom stereocenters. The van der Waals surface area contributed by atoms with Crippen LogP contribution in [0, 0.1) is 0 Å². The fourth-order valence-corrected chi connectivity index (χ4v) is 3.97. The minimum atomic E-state index is 0.229. The number of fused-ring (bicyclic) bond motifs is 1. The van der Waals surface area contributed by atoms with E-state index in [1.54, 1.807) is 0 Å². The Labute approximate surface area is 135 Å². The van der Waals surface area contributed by atoms with Crippen LogP contribution in [0.3, 0.4) is 0 Å². The molecule has 0 saturated carbocycles. The van der Waals surface area contributed by atoms with E-state index in [9.17, 15) is 4.79 Å². The summed E-state index contributed by atoms with van der Waals surface area (Å²) in [5.41, 5.74) is 0.808. The SMILES string of the molecule is CC1CN2CCCCC2CN1CC(=O)c1cccc(Br)c1. The first-order valence-corrected chi connectivity index (χ1v) is 8.69. The molecule has 21 heavy (non-hydrogen) atoms.